The number of rotatable bonds is 9. The summed E-state index contributed by atoms with van der Waals surface area (Å²) < 4.78 is 18.5. The van der Waals surface area contributed by atoms with Gasteiger partial charge in [0, 0.05) is 21.2 Å². The molecule has 8 nitrogen and oxygen atoms in total. The van der Waals surface area contributed by atoms with Crippen molar-refractivity contribution in [1.29, 1.82) is 0 Å². The number of aromatic nitrogens is 4. The molecule has 2 heterocycles. The molecule has 0 aliphatic heterocycles. The predicted molar refractivity (Wildman–Crippen MR) is 131 cm³/mol. The smallest absolute Gasteiger partial charge is 0.308 e. The average Bonchev–Trinajstić information content (AvgIpc) is 3.14. The van der Waals surface area contributed by atoms with Gasteiger partial charge in [-0.3, -0.25) is 4.79 Å². The van der Waals surface area contributed by atoms with E-state index in [1.807, 2.05) is 32.2 Å². The van der Waals surface area contributed by atoms with Crippen LogP contribution in [0.25, 0.3) is 17.5 Å². The summed E-state index contributed by atoms with van der Waals surface area (Å²) in [7, 11) is 2.17. The summed E-state index contributed by atoms with van der Waals surface area (Å²) in [6.45, 7) is 9.63. The lowest BCUT2D eigenvalue weighted by atomic mass is 9.87. The van der Waals surface area contributed by atoms with Gasteiger partial charge in [-0.1, -0.05) is 24.9 Å². The lowest BCUT2D eigenvalue weighted by Crippen LogP contribution is -2.30. The third-order valence-electron chi connectivity index (χ3n) is 5.90. The van der Waals surface area contributed by atoms with Crippen LogP contribution in [0, 0.1) is 12.8 Å². The van der Waals surface area contributed by atoms with Gasteiger partial charge in [-0.05, 0) is 50.8 Å². The summed E-state index contributed by atoms with van der Waals surface area (Å²) in [6.07, 6.45) is 6.98. The van der Waals surface area contributed by atoms with E-state index in [0.29, 0.717) is 18.7 Å². The number of nitrogens with zero attached hydrogens (tertiary/aromatic N) is 4. The zero-order valence-corrected chi connectivity index (χ0v) is 21.6. The molecule has 33 heavy (non-hydrogen) atoms. The van der Waals surface area contributed by atoms with E-state index < -0.39 is 8.07 Å². The van der Waals surface area contributed by atoms with Crippen molar-refractivity contribution in [2.24, 2.45) is 13.0 Å². The number of carbonyl (C=O) groups excluding carboxylic acids is 1. The summed E-state index contributed by atoms with van der Waals surface area (Å²) in [5.74, 6) is 0.481. The standard InChI is InChI=1S/C24H36N4O4Si/c1-17-22(32-19-9-7-8-18(16-19)24(29)30-3)11-10-20(25-17)23-21(28(2)27-26-23)12-13-31-14-15-33(4,5)6/h10-13,18-19H,7-9,14-16H2,1-6H3/b13-12+/t18-,19-/m0/s1. The summed E-state index contributed by atoms with van der Waals surface area (Å²) in [6, 6.07) is 4.93. The first-order valence-electron chi connectivity index (χ1n) is 11.6. The zero-order valence-electron chi connectivity index (χ0n) is 20.6. The Labute approximate surface area is 197 Å². The summed E-state index contributed by atoms with van der Waals surface area (Å²) in [4.78, 5) is 16.6. The topological polar surface area (TPSA) is 88.4 Å². The third-order valence-corrected chi connectivity index (χ3v) is 7.60. The molecule has 0 saturated heterocycles. The van der Waals surface area contributed by atoms with Crippen LogP contribution >= 0.6 is 0 Å². The molecule has 1 aliphatic rings. The van der Waals surface area contributed by atoms with Crippen molar-refractivity contribution in [3.63, 3.8) is 0 Å². The quantitative estimate of drug-likeness (QED) is 0.228. The van der Waals surface area contributed by atoms with Gasteiger partial charge in [-0.15, -0.1) is 5.10 Å². The van der Waals surface area contributed by atoms with Gasteiger partial charge < -0.3 is 14.2 Å². The Kier molecular flexibility index (Phi) is 8.28. The lowest BCUT2D eigenvalue weighted by Gasteiger charge is -2.28. The largest absolute Gasteiger partial charge is 0.501 e. The first-order chi connectivity index (χ1) is 15.7. The van der Waals surface area contributed by atoms with E-state index >= 15 is 0 Å². The van der Waals surface area contributed by atoms with E-state index in [9.17, 15) is 4.79 Å². The fourth-order valence-corrected chi connectivity index (χ4v) is 4.63. The van der Waals surface area contributed by atoms with Crippen LogP contribution in [0.1, 0.15) is 37.1 Å². The number of aryl methyl sites for hydroxylation is 2. The highest BCUT2D eigenvalue weighted by atomic mass is 28.3. The summed E-state index contributed by atoms with van der Waals surface area (Å²) in [5.41, 5.74) is 3.03. The molecule has 0 spiro atoms. The van der Waals surface area contributed by atoms with Crippen molar-refractivity contribution in [1.82, 2.24) is 20.0 Å². The van der Waals surface area contributed by atoms with Gasteiger partial charge in [-0.25, -0.2) is 9.67 Å². The molecule has 1 aliphatic carbocycles. The highest BCUT2D eigenvalue weighted by Gasteiger charge is 2.29. The van der Waals surface area contributed by atoms with E-state index in [1.54, 1.807) is 10.9 Å². The summed E-state index contributed by atoms with van der Waals surface area (Å²) in [5, 5.41) is 8.47. The van der Waals surface area contributed by atoms with E-state index in [1.165, 1.54) is 7.11 Å². The average molecular weight is 473 g/mol. The Balaban J connectivity index is 1.68. The minimum absolute atomic E-state index is 0.0162. The van der Waals surface area contributed by atoms with Gasteiger partial charge in [0.2, 0.25) is 0 Å². The molecule has 0 N–H and O–H groups in total. The molecule has 180 valence electrons. The van der Waals surface area contributed by atoms with Crippen LogP contribution in [-0.4, -0.2) is 53.8 Å². The van der Waals surface area contributed by atoms with Gasteiger partial charge in [0.25, 0.3) is 0 Å². The SMILES string of the molecule is COC(=O)[C@H]1CCC[C@H](Oc2ccc(-c3nnn(C)c3/C=C/OCC[Si](C)(C)C)nc2C)C1. The zero-order chi connectivity index (χ0) is 24.0. The van der Waals surface area contributed by atoms with E-state index in [-0.39, 0.29) is 18.0 Å². The molecule has 2 aromatic heterocycles. The maximum atomic E-state index is 11.9. The highest BCUT2D eigenvalue weighted by Crippen LogP contribution is 2.31. The Morgan fingerprint density at radius 1 is 1.27 bits per heavy atom. The number of esters is 1. The number of methoxy groups -OCH3 is 1. The molecule has 2 atom stereocenters. The van der Waals surface area contributed by atoms with Gasteiger partial charge in [0.15, 0.2) is 0 Å². The fourth-order valence-electron chi connectivity index (χ4n) is 3.90. The fraction of sp³-hybridized carbons (Fsp3) is 0.583. The summed E-state index contributed by atoms with van der Waals surface area (Å²) >= 11 is 0. The molecular weight excluding hydrogens is 436 g/mol. The van der Waals surface area contributed by atoms with Crippen molar-refractivity contribution in [3.05, 3.63) is 29.8 Å². The van der Waals surface area contributed by atoms with Crippen molar-refractivity contribution < 1.29 is 19.0 Å². The maximum Gasteiger partial charge on any atom is 0.308 e. The Hall–Kier alpha value is -2.68. The monoisotopic (exact) mass is 472 g/mol. The molecule has 9 heteroatoms. The number of pyridine rings is 1. The molecule has 0 unspecified atom stereocenters. The second-order valence-electron chi connectivity index (χ2n) is 9.84. The van der Waals surface area contributed by atoms with Gasteiger partial charge in [0.1, 0.15) is 11.4 Å². The van der Waals surface area contributed by atoms with Crippen molar-refractivity contribution in [2.75, 3.05) is 13.7 Å². The second kappa shape index (κ2) is 11.0. The first kappa shape index (κ1) is 24.9. The van der Waals surface area contributed by atoms with Crippen LogP contribution in [-0.2, 0) is 21.3 Å². The molecular formula is C24H36N4O4Si. The van der Waals surface area contributed by atoms with Crippen molar-refractivity contribution in [2.45, 2.75) is 64.4 Å². The van der Waals surface area contributed by atoms with Gasteiger partial charge in [0.05, 0.1) is 49.1 Å². The van der Waals surface area contributed by atoms with Crippen LogP contribution < -0.4 is 4.74 Å². The molecule has 0 bridgehead atoms. The predicted octanol–water partition coefficient (Wildman–Crippen LogP) is 4.62. The third kappa shape index (κ3) is 6.90. The van der Waals surface area contributed by atoms with Crippen LogP contribution in [0.2, 0.25) is 25.7 Å². The number of hydrogen-bond acceptors (Lipinski definition) is 7. The van der Waals surface area contributed by atoms with Crippen LogP contribution in [0.4, 0.5) is 0 Å². The minimum atomic E-state index is -1.12. The van der Waals surface area contributed by atoms with Gasteiger partial charge in [-0.2, -0.15) is 0 Å². The number of hydrogen-bond donors (Lipinski definition) is 0. The van der Waals surface area contributed by atoms with E-state index in [4.69, 9.17) is 19.2 Å². The second-order valence-corrected chi connectivity index (χ2v) is 15.5. The minimum Gasteiger partial charge on any atom is -0.501 e. The highest BCUT2D eigenvalue weighted by molar-refractivity contribution is 6.76. The molecule has 3 rings (SSSR count). The van der Waals surface area contributed by atoms with E-state index in [2.05, 4.69) is 30.0 Å². The number of carbonyl (C=O) groups is 1. The normalized spacial score (nSPS) is 19.0. The van der Waals surface area contributed by atoms with Gasteiger partial charge >= 0.3 is 5.97 Å². The molecule has 2 aromatic rings. The first-order valence-corrected chi connectivity index (χ1v) is 15.3. The number of ether oxygens (including phenoxy) is 3. The molecule has 1 saturated carbocycles. The van der Waals surface area contributed by atoms with Crippen LogP contribution in [0.5, 0.6) is 5.75 Å². The Morgan fingerprint density at radius 2 is 2.06 bits per heavy atom. The molecule has 1 fully saturated rings. The molecule has 0 radical (unpaired) electrons. The van der Waals surface area contributed by atoms with Crippen molar-refractivity contribution in [3.8, 4) is 17.1 Å². The van der Waals surface area contributed by atoms with Crippen LogP contribution in [0.15, 0.2) is 18.4 Å². The Morgan fingerprint density at radius 3 is 2.76 bits per heavy atom. The van der Waals surface area contributed by atoms with Crippen molar-refractivity contribution >= 4 is 20.1 Å². The Bertz CT molecular complexity index is 983. The lowest BCUT2D eigenvalue weighted by molar-refractivity contribution is -0.147. The molecule has 0 amide bonds. The molecule has 0 aromatic carbocycles. The van der Waals surface area contributed by atoms with Crippen LogP contribution in [0.3, 0.4) is 0 Å². The van der Waals surface area contributed by atoms with E-state index in [0.717, 1.165) is 48.1 Å². The maximum absolute atomic E-state index is 11.9.